The van der Waals surface area contributed by atoms with Crippen molar-refractivity contribution in [2.24, 2.45) is 5.92 Å². The van der Waals surface area contributed by atoms with Gasteiger partial charge < -0.3 is 14.2 Å². The summed E-state index contributed by atoms with van der Waals surface area (Å²) in [5.74, 6) is 0.691. The van der Waals surface area contributed by atoms with Crippen molar-refractivity contribution in [3.63, 3.8) is 0 Å². The zero-order chi connectivity index (χ0) is 16.4. The van der Waals surface area contributed by atoms with Gasteiger partial charge in [-0.15, -0.1) is 0 Å². The van der Waals surface area contributed by atoms with Crippen LogP contribution in [-0.2, 0) is 19.5 Å². The molecule has 0 bridgehead atoms. The summed E-state index contributed by atoms with van der Waals surface area (Å²) in [6.07, 6.45) is 1.45. The van der Waals surface area contributed by atoms with Gasteiger partial charge in [-0.2, -0.15) is 4.31 Å². The first-order chi connectivity index (χ1) is 11.0. The second kappa shape index (κ2) is 7.06. The van der Waals surface area contributed by atoms with E-state index in [0.717, 1.165) is 12.8 Å². The van der Waals surface area contributed by atoms with Crippen molar-refractivity contribution in [3.05, 3.63) is 22.7 Å². The molecular weight excluding hydrogens is 386 g/mol. The van der Waals surface area contributed by atoms with Crippen LogP contribution in [0.3, 0.4) is 0 Å². The van der Waals surface area contributed by atoms with Crippen LogP contribution >= 0.6 is 15.9 Å². The normalized spacial score (nSPS) is 24.0. The molecule has 3 rings (SSSR count). The molecule has 0 amide bonds. The minimum atomic E-state index is -3.54. The molecule has 0 aliphatic carbocycles. The molecule has 1 aromatic rings. The van der Waals surface area contributed by atoms with Gasteiger partial charge in [-0.25, -0.2) is 8.42 Å². The number of nitrogens with zero attached hydrogens (tertiary/aromatic N) is 1. The van der Waals surface area contributed by atoms with Gasteiger partial charge in [0.25, 0.3) is 0 Å². The lowest BCUT2D eigenvalue weighted by atomic mass is 9.99. The lowest BCUT2D eigenvalue weighted by Crippen LogP contribution is -2.43. The summed E-state index contributed by atoms with van der Waals surface area (Å²) in [7, 11) is -1.99. The van der Waals surface area contributed by atoms with E-state index < -0.39 is 10.0 Å². The van der Waals surface area contributed by atoms with Crippen molar-refractivity contribution in [2.75, 3.05) is 33.4 Å². The number of halogens is 1. The Morgan fingerprint density at radius 3 is 2.70 bits per heavy atom. The molecule has 128 valence electrons. The second-order valence-corrected chi connectivity index (χ2v) is 8.46. The molecule has 0 radical (unpaired) electrons. The van der Waals surface area contributed by atoms with Gasteiger partial charge in [0.2, 0.25) is 10.0 Å². The zero-order valence-corrected chi connectivity index (χ0v) is 15.3. The molecule has 2 fully saturated rings. The van der Waals surface area contributed by atoms with E-state index in [1.165, 1.54) is 4.31 Å². The maximum Gasteiger partial charge on any atom is 0.243 e. The van der Waals surface area contributed by atoms with E-state index in [-0.39, 0.29) is 17.1 Å². The monoisotopic (exact) mass is 405 g/mol. The van der Waals surface area contributed by atoms with Gasteiger partial charge in [-0.1, -0.05) is 0 Å². The lowest BCUT2D eigenvalue weighted by Gasteiger charge is -2.33. The number of piperidine rings is 1. The molecule has 2 aliphatic heterocycles. The van der Waals surface area contributed by atoms with Crippen molar-refractivity contribution in [1.29, 1.82) is 0 Å². The molecule has 6 nitrogen and oxygen atoms in total. The predicted molar refractivity (Wildman–Crippen MR) is 87.9 cm³/mol. The number of methoxy groups -OCH3 is 1. The van der Waals surface area contributed by atoms with E-state index in [4.69, 9.17) is 14.2 Å². The van der Waals surface area contributed by atoms with Crippen LogP contribution in [0.4, 0.5) is 0 Å². The summed E-state index contributed by atoms with van der Waals surface area (Å²) in [6, 6.07) is 4.81. The highest BCUT2D eigenvalue weighted by Gasteiger charge is 2.36. The van der Waals surface area contributed by atoms with Crippen LogP contribution < -0.4 is 4.74 Å². The van der Waals surface area contributed by atoms with E-state index in [9.17, 15) is 8.42 Å². The first kappa shape index (κ1) is 17.2. The molecule has 8 heteroatoms. The summed E-state index contributed by atoms with van der Waals surface area (Å²) >= 11 is 3.34. The summed E-state index contributed by atoms with van der Waals surface area (Å²) < 4.78 is 44.2. The summed E-state index contributed by atoms with van der Waals surface area (Å²) in [4.78, 5) is 0.263. The quantitative estimate of drug-likeness (QED) is 0.768. The van der Waals surface area contributed by atoms with Gasteiger partial charge in [0, 0.05) is 19.0 Å². The first-order valence-corrected chi connectivity index (χ1v) is 9.82. The number of hydrogen-bond donors (Lipinski definition) is 0. The third-order valence-electron chi connectivity index (χ3n) is 4.21. The minimum absolute atomic E-state index is 0.0858. The van der Waals surface area contributed by atoms with Crippen LogP contribution in [0.1, 0.15) is 12.8 Å². The Morgan fingerprint density at radius 1 is 1.30 bits per heavy atom. The predicted octanol–water partition coefficient (Wildman–Crippen LogP) is 2.23. The van der Waals surface area contributed by atoms with Crippen molar-refractivity contribution in [3.8, 4) is 5.75 Å². The fourth-order valence-electron chi connectivity index (χ4n) is 3.02. The molecule has 0 saturated carbocycles. The Morgan fingerprint density at radius 2 is 2.04 bits per heavy atom. The number of hydrogen-bond acceptors (Lipinski definition) is 5. The van der Waals surface area contributed by atoms with Gasteiger partial charge >= 0.3 is 0 Å². The molecule has 0 unspecified atom stereocenters. The SMILES string of the molecule is COc1ccc(S(=O)(=O)N2CCC[C@H](C3OCCO3)C2)cc1Br. The van der Waals surface area contributed by atoms with Crippen LogP contribution in [0.15, 0.2) is 27.6 Å². The average Bonchev–Trinajstić information content (AvgIpc) is 3.09. The Balaban J connectivity index is 1.79. The molecule has 0 N–H and O–H groups in total. The van der Waals surface area contributed by atoms with Crippen molar-refractivity contribution in [2.45, 2.75) is 24.0 Å². The molecule has 2 aliphatic rings. The van der Waals surface area contributed by atoms with Crippen LogP contribution in [0, 0.1) is 5.92 Å². The fourth-order valence-corrected chi connectivity index (χ4v) is 5.27. The highest BCUT2D eigenvalue weighted by atomic mass is 79.9. The third kappa shape index (κ3) is 3.56. The Bertz CT molecular complexity index is 660. The first-order valence-electron chi connectivity index (χ1n) is 7.59. The highest BCUT2D eigenvalue weighted by Crippen LogP contribution is 2.32. The number of ether oxygens (including phenoxy) is 3. The van der Waals surface area contributed by atoms with Gasteiger partial charge in [-0.05, 0) is 47.0 Å². The average molecular weight is 406 g/mol. The molecular formula is C15H20BrNO5S. The molecule has 0 spiro atoms. The Labute approximate surface area is 144 Å². The largest absolute Gasteiger partial charge is 0.496 e. The van der Waals surface area contributed by atoms with E-state index in [1.807, 2.05) is 0 Å². The van der Waals surface area contributed by atoms with E-state index in [1.54, 1.807) is 25.3 Å². The molecule has 1 aromatic carbocycles. The van der Waals surface area contributed by atoms with Crippen molar-refractivity contribution < 1.29 is 22.6 Å². The fraction of sp³-hybridized carbons (Fsp3) is 0.600. The van der Waals surface area contributed by atoms with Crippen LogP contribution in [-0.4, -0.2) is 52.4 Å². The maximum absolute atomic E-state index is 12.9. The minimum Gasteiger partial charge on any atom is -0.496 e. The molecule has 0 aromatic heterocycles. The number of rotatable bonds is 4. The van der Waals surface area contributed by atoms with Gasteiger partial charge in [0.15, 0.2) is 6.29 Å². The van der Waals surface area contributed by atoms with Crippen LogP contribution in [0.5, 0.6) is 5.75 Å². The standard InChI is InChI=1S/C15H20BrNO5S/c1-20-14-5-4-12(9-13(14)16)23(18,19)17-6-2-3-11(10-17)15-21-7-8-22-15/h4-5,9,11,15H,2-3,6-8,10H2,1H3/t11-/m0/s1. The van der Waals surface area contributed by atoms with E-state index in [2.05, 4.69) is 15.9 Å². The highest BCUT2D eigenvalue weighted by molar-refractivity contribution is 9.10. The lowest BCUT2D eigenvalue weighted by molar-refractivity contribution is -0.0940. The van der Waals surface area contributed by atoms with Gasteiger partial charge in [0.1, 0.15) is 5.75 Å². The number of benzene rings is 1. The summed E-state index contributed by atoms with van der Waals surface area (Å²) in [5.41, 5.74) is 0. The van der Waals surface area contributed by atoms with Gasteiger partial charge in [-0.3, -0.25) is 0 Å². The Kier molecular flexibility index (Phi) is 5.27. The van der Waals surface area contributed by atoms with Crippen molar-refractivity contribution >= 4 is 26.0 Å². The second-order valence-electron chi connectivity index (χ2n) is 5.67. The maximum atomic E-state index is 12.9. The Hall–Kier alpha value is -0.670. The van der Waals surface area contributed by atoms with E-state index >= 15 is 0 Å². The summed E-state index contributed by atoms with van der Waals surface area (Å²) in [5, 5.41) is 0. The smallest absolute Gasteiger partial charge is 0.243 e. The van der Waals surface area contributed by atoms with Crippen LogP contribution in [0.25, 0.3) is 0 Å². The van der Waals surface area contributed by atoms with Gasteiger partial charge in [0.05, 0.1) is 29.7 Å². The molecule has 2 heterocycles. The molecule has 1 atom stereocenters. The zero-order valence-electron chi connectivity index (χ0n) is 12.9. The third-order valence-corrected chi connectivity index (χ3v) is 6.69. The molecule has 2 saturated heterocycles. The van der Waals surface area contributed by atoms with E-state index in [0.29, 0.717) is 36.5 Å². The summed E-state index contributed by atoms with van der Waals surface area (Å²) in [6.45, 7) is 2.12. The van der Waals surface area contributed by atoms with Crippen molar-refractivity contribution in [1.82, 2.24) is 4.31 Å². The number of sulfonamides is 1. The molecule has 23 heavy (non-hydrogen) atoms. The van der Waals surface area contributed by atoms with Crippen LogP contribution in [0.2, 0.25) is 0 Å². The topological polar surface area (TPSA) is 65.1 Å².